The second kappa shape index (κ2) is 5.31. The molecule has 0 fully saturated rings. The summed E-state index contributed by atoms with van der Waals surface area (Å²) >= 11 is 17.8. The summed E-state index contributed by atoms with van der Waals surface area (Å²) in [5.74, 6) is 0.657. The summed E-state index contributed by atoms with van der Waals surface area (Å²) in [6, 6.07) is 4.91. The van der Waals surface area contributed by atoms with Gasteiger partial charge in [-0.25, -0.2) is 9.97 Å². The summed E-state index contributed by atoms with van der Waals surface area (Å²) in [6.07, 6.45) is 0. The summed E-state index contributed by atoms with van der Waals surface area (Å²) in [6.45, 7) is 3.66. The number of hydrogen-bond acceptors (Lipinski definition) is 3. The highest BCUT2D eigenvalue weighted by Crippen LogP contribution is 2.33. The first-order valence-electron chi connectivity index (χ1n) is 5.11. The molecule has 1 aromatic heterocycles. The molecule has 0 unspecified atom stereocenters. The Kier molecular flexibility index (Phi) is 3.95. The van der Waals surface area contributed by atoms with E-state index in [1.165, 1.54) is 0 Å². The van der Waals surface area contributed by atoms with Crippen molar-refractivity contribution in [3.63, 3.8) is 0 Å². The van der Waals surface area contributed by atoms with Crippen LogP contribution < -0.4 is 4.74 Å². The van der Waals surface area contributed by atoms with Crippen molar-refractivity contribution >= 4 is 34.8 Å². The Morgan fingerprint density at radius 2 is 1.67 bits per heavy atom. The Bertz CT molecular complexity index is 602. The van der Waals surface area contributed by atoms with E-state index in [0.29, 0.717) is 15.8 Å². The van der Waals surface area contributed by atoms with Crippen LogP contribution in [-0.4, -0.2) is 9.97 Å². The van der Waals surface area contributed by atoms with Gasteiger partial charge in [-0.1, -0.05) is 34.8 Å². The van der Waals surface area contributed by atoms with Crippen LogP contribution >= 0.6 is 34.8 Å². The molecule has 0 radical (unpaired) electrons. The minimum absolute atomic E-state index is 0.198. The molecule has 0 N–H and O–H groups in total. The first-order chi connectivity index (χ1) is 8.47. The van der Waals surface area contributed by atoms with E-state index in [2.05, 4.69) is 9.97 Å². The molecular weight excluding hydrogens is 295 g/mol. The Morgan fingerprint density at radius 3 is 2.33 bits per heavy atom. The van der Waals surface area contributed by atoms with Crippen molar-refractivity contribution in [1.82, 2.24) is 9.97 Å². The molecule has 0 saturated heterocycles. The average molecular weight is 304 g/mol. The maximum atomic E-state index is 6.00. The normalized spacial score (nSPS) is 10.5. The van der Waals surface area contributed by atoms with Crippen molar-refractivity contribution < 1.29 is 4.74 Å². The van der Waals surface area contributed by atoms with E-state index in [1.807, 2.05) is 13.8 Å². The molecule has 6 heteroatoms. The Balaban J connectivity index is 2.37. The van der Waals surface area contributed by atoms with Gasteiger partial charge in [0.05, 0.1) is 16.4 Å². The fraction of sp³-hybridized carbons (Fsp3) is 0.167. The molecule has 2 rings (SSSR count). The van der Waals surface area contributed by atoms with E-state index in [0.717, 1.165) is 11.4 Å². The van der Waals surface area contributed by atoms with Gasteiger partial charge in [-0.3, -0.25) is 0 Å². The smallest absolute Gasteiger partial charge is 0.257 e. The lowest BCUT2D eigenvalue weighted by molar-refractivity contribution is 0.458. The molecule has 94 valence electrons. The predicted molar refractivity (Wildman–Crippen MR) is 73.1 cm³/mol. The van der Waals surface area contributed by atoms with Crippen LogP contribution in [-0.2, 0) is 0 Å². The lowest BCUT2D eigenvalue weighted by atomic mass is 10.3. The SMILES string of the molecule is Cc1nc(Cl)c(Oc2ccc(Cl)cc2Cl)nc1C. The standard InChI is InChI=1S/C12H9Cl3N2O/c1-6-7(2)17-12(11(15)16-6)18-10-4-3-8(13)5-9(10)14/h3-5H,1-2H3. The lowest BCUT2D eigenvalue weighted by Crippen LogP contribution is -1.97. The lowest BCUT2D eigenvalue weighted by Gasteiger charge is -2.09. The first kappa shape index (κ1) is 13.4. The molecule has 3 nitrogen and oxygen atoms in total. The summed E-state index contributed by atoms with van der Waals surface area (Å²) < 4.78 is 5.53. The van der Waals surface area contributed by atoms with E-state index in [-0.39, 0.29) is 11.0 Å². The van der Waals surface area contributed by atoms with Crippen LogP contribution in [0.25, 0.3) is 0 Å². The van der Waals surface area contributed by atoms with Gasteiger partial charge in [0.15, 0.2) is 5.15 Å². The highest BCUT2D eigenvalue weighted by Gasteiger charge is 2.11. The second-order valence-corrected chi connectivity index (χ2v) is 4.87. The monoisotopic (exact) mass is 302 g/mol. The molecule has 0 atom stereocenters. The van der Waals surface area contributed by atoms with Crippen LogP contribution in [0.1, 0.15) is 11.4 Å². The van der Waals surface area contributed by atoms with E-state index >= 15 is 0 Å². The average Bonchev–Trinajstić information content (AvgIpc) is 2.29. The number of benzene rings is 1. The molecule has 0 saturated carbocycles. The van der Waals surface area contributed by atoms with Crippen LogP contribution in [0.4, 0.5) is 0 Å². The predicted octanol–water partition coefficient (Wildman–Crippen LogP) is 4.85. The fourth-order valence-electron chi connectivity index (χ4n) is 1.28. The van der Waals surface area contributed by atoms with Gasteiger partial charge in [0, 0.05) is 5.02 Å². The zero-order chi connectivity index (χ0) is 13.3. The number of ether oxygens (including phenoxy) is 1. The van der Waals surface area contributed by atoms with Crippen molar-refractivity contribution in [2.24, 2.45) is 0 Å². The molecule has 0 bridgehead atoms. The third-order valence-electron chi connectivity index (χ3n) is 2.34. The Hall–Kier alpha value is -1.03. The van der Waals surface area contributed by atoms with Crippen LogP contribution in [0.5, 0.6) is 11.6 Å². The zero-order valence-corrected chi connectivity index (χ0v) is 11.9. The quantitative estimate of drug-likeness (QED) is 0.795. The molecule has 0 spiro atoms. The maximum absolute atomic E-state index is 6.00. The minimum Gasteiger partial charge on any atom is -0.435 e. The molecule has 0 aliphatic rings. The van der Waals surface area contributed by atoms with E-state index < -0.39 is 0 Å². The van der Waals surface area contributed by atoms with Gasteiger partial charge in [-0.15, -0.1) is 0 Å². The third-order valence-corrected chi connectivity index (χ3v) is 3.11. The van der Waals surface area contributed by atoms with Crippen molar-refractivity contribution in [3.05, 3.63) is 44.8 Å². The van der Waals surface area contributed by atoms with E-state index in [1.54, 1.807) is 18.2 Å². The highest BCUT2D eigenvalue weighted by atomic mass is 35.5. The molecular formula is C12H9Cl3N2O. The Labute approximate surface area is 120 Å². The number of aryl methyl sites for hydroxylation is 2. The molecule has 0 aliphatic heterocycles. The molecule has 0 amide bonds. The topological polar surface area (TPSA) is 35.0 Å². The molecule has 1 heterocycles. The van der Waals surface area contributed by atoms with Crippen molar-refractivity contribution in [2.75, 3.05) is 0 Å². The van der Waals surface area contributed by atoms with E-state index in [4.69, 9.17) is 39.5 Å². The van der Waals surface area contributed by atoms with Crippen LogP contribution in [0.15, 0.2) is 18.2 Å². The third kappa shape index (κ3) is 2.86. The number of aromatic nitrogens is 2. The Morgan fingerprint density at radius 1 is 1.00 bits per heavy atom. The van der Waals surface area contributed by atoms with Gasteiger partial charge in [0.1, 0.15) is 5.75 Å². The van der Waals surface area contributed by atoms with Gasteiger partial charge in [-0.2, -0.15) is 0 Å². The van der Waals surface area contributed by atoms with Crippen LogP contribution in [0, 0.1) is 13.8 Å². The zero-order valence-electron chi connectivity index (χ0n) is 9.67. The molecule has 0 aliphatic carbocycles. The highest BCUT2D eigenvalue weighted by molar-refractivity contribution is 6.35. The van der Waals surface area contributed by atoms with Gasteiger partial charge in [-0.05, 0) is 32.0 Å². The summed E-state index contributed by atoms with van der Waals surface area (Å²) in [4.78, 5) is 8.35. The summed E-state index contributed by atoms with van der Waals surface area (Å²) in [5.41, 5.74) is 1.51. The van der Waals surface area contributed by atoms with Crippen molar-refractivity contribution in [2.45, 2.75) is 13.8 Å². The number of rotatable bonds is 2. The van der Waals surface area contributed by atoms with E-state index in [9.17, 15) is 0 Å². The van der Waals surface area contributed by atoms with Gasteiger partial charge >= 0.3 is 0 Å². The summed E-state index contributed by atoms with van der Waals surface area (Å²) in [7, 11) is 0. The number of halogens is 3. The van der Waals surface area contributed by atoms with Gasteiger partial charge in [0.25, 0.3) is 5.88 Å². The largest absolute Gasteiger partial charge is 0.435 e. The first-order valence-corrected chi connectivity index (χ1v) is 6.24. The number of nitrogens with zero attached hydrogens (tertiary/aromatic N) is 2. The maximum Gasteiger partial charge on any atom is 0.257 e. The second-order valence-electron chi connectivity index (χ2n) is 3.67. The van der Waals surface area contributed by atoms with Crippen LogP contribution in [0.3, 0.4) is 0 Å². The van der Waals surface area contributed by atoms with Crippen molar-refractivity contribution in [1.29, 1.82) is 0 Å². The van der Waals surface area contributed by atoms with Gasteiger partial charge in [0.2, 0.25) is 0 Å². The van der Waals surface area contributed by atoms with Gasteiger partial charge < -0.3 is 4.74 Å². The minimum atomic E-state index is 0.198. The fourth-order valence-corrected chi connectivity index (χ4v) is 1.94. The molecule has 2 aromatic rings. The summed E-state index contributed by atoms with van der Waals surface area (Å²) in [5, 5.41) is 1.12. The molecule has 18 heavy (non-hydrogen) atoms. The number of hydrogen-bond donors (Lipinski definition) is 0. The van der Waals surface area contributed by atoms with Crippen molar-refractivity contribution in [3.8, 4) is 11.6 Å². The van der Waals surface area contributed by atoms with Crippen LogP contribution in [0.2, 0.25) is 15.2 Å². The molecule has 1 aromatic carbocycles.